The lowest BCUT2D eigenvalue weighted by atomic mass is 9.80. The first-order valence-corrected chi connectivity index (χ1v) is 22.2. The highest BCUT2D eigenvalue weighted by molar-refractivity contribution is 7.26. The average molecular weight is 819 g/mol. The largest absolute Gasteiger partial charge is 0.309 e. The molecule has 0 fully saturated rings. The molecule has 14 rings (SSSR count). The van der Waals surface area contributed by atoms with Gasteiger partial charge in [0.05, 0.1) is 48.4 Å². The Balaban J connectivity index is 1.12. The highest BCUT2D eigenvalue weighted by Crippen LogP contribution is 2.51. The average Bonchev–Trinajstić information content (AvgIpc) is 4.01. The van der Waals surface area contributed by atoms with Crippen molar-refractivity contribution in [1.82, 2.24) is 19.1 Å². The maximum Gasteiger partial charge on any atom is 0.0902 e. The molecule has 63 heavy (non-hydrogen) atoms. The fraction of sp³-hybridized carbons (Fsp3) is 0. The van der Waals surface area contributed by atoms with Crippen LogP contribution in [0.4, 0.5) is 0 Å². The van der Waals surface area contributed by atoms with Gasteiger partial charge in [-0.25, -0.2) is 0 Å². The van der Waals surface area contributed by atoms with Crippen LogP contribution in [-0.4, -0.2) is 19.1 Å². The molecule has 0 spiro atoms. The summed E-state index contributed by atoms with van der Waals surface area (Å²) in [6.45, 7) is 0. The van der Waals surface area contributed by atoms with Gasteiger partial charge < -0.3 is 9.13 Å². The normalized spacial score (nSPS) is 12.1. The number of rotatable bonds is 3. The first-order valence-electron chi connectivity index (χ1n) is 21.4. The molecule has 1 aliphatic carbocycles. The van der Waals surface area contributed by atoms with Crippen LogP contribution in [0.1, 0.15) is 0 Å². The lowest BCUT2D eigenvalue weighted by Gasteiger charge is -2.25. The third-order valence-corrected chi connectivity index (χ3v) is 14.4. The molecule has 0 amide bonds. The van der Waals surface area contributed by atoms with Gasteiger partial charge in [-0.3, -0.25) is 9.97 Å². The summed E-state index contributed by atoms with van der Waals surface area (Å²) in [5.74, 6) is 0. The summed E-state index contributed by atoms with van der Waals surface area (Å²) < 4.78 is 7.19. The Hall–Kier alpha value is -8.12. The molecule has 5 heterocycles. The SMILES string of the molecule is c1ccc2c(c1)-c1ccccc1-c1cc(-c3nccc4c3sc3cccnc34)c(-n3c4ccccc4c4cc(-n5c6ccccc6c6ccccc65)ccc43)cc1-c1ccccc1-2. The molecule has 0 atom stereocenters. The molecular formula is C58H34N4S. The van der Waals surface area contributed by atoms with Gasteiger partial charge in [0.1, 0.15) is 0 Å². The predicted octanol–water partition coefficient (Wildman–Crippen LogP) is 15.7. The molecule has 0 radical (unpaired) electrons. The zero-order valence-corrected chi connectivity index (χ0v) is 34.6. The van der Waals surface area contributed by atoms with E-state index in [0.29, 0.717) is 0 Å². The van der Waals surface area contributed by atoms with E-state index in [1.54, 1.807) is 11.3 Å². The van der Waals surface area contributed by atoms with Gasteiger partial charge >= 0.3 is 0 Å². The summed E-state index contributed by atoms with van der Waals surface area (Å²) in [6.07, 6.45) is 3.85. The van der Waals surface area contributed by atoms with E-state index in [2.05, 4.69) is 197 Å². The molecule has 8 aromatic carbocycles. The molecule has 292 valence electrons. The number of para-hydroxylation sites is 3. The zero-order chi connectivity index (χ0) is 41.2. The van der Waals surface area contributed by atoms with E-state index in [0.717, 1.165) is 54.0 Å². The third kappa shape index (κ3) is 4.91. The number of hydrogen-bond donors (Lipinski definition) is 0. The van der Waals surface area contributed by atoms with Crippen LogP contribution in [0.25, 0.3) is 131 Å². The fourth-order valence-electron chi connectivity index (χ4n) is 10.5. The van der Waals surface area contributed by atoms with Crippen molar-refractivity contribution in [2.45, 2.75) is 0 Å². The van der Waals surface area contributed by atoms with E-state index >= 15 is 0 Å². The number of aromatic nitrogens is 4. The number of nitrogens with zero attached hydrogens (tertiary/aromatic N) is 4. The van der Waals surface area contributed by atoms with Crippen LogP contribution in [0.2, 0.25) is 0 Å². The molecule has 4 nitrogen and oxygen atoms in total. The topological polar surface area (TPSA) is 35.6 Å². The maximum absolute atomic E-state index is 5.30. The molecule has 0 bridgehead atoms. The van der Waals surface area contributed by atoms with Crippen molar-refractivity contribution < 1.29 is 0 Å². The molecule has 0 saturated heterocycles. The summed E-state index contributed by atoms with van der Waals surface area (Å²) in [5, 5.41) is 6.02. The van der Waals surface area contributed by atoms with Crippen molar-refractivity contribution in [3.05, 3.63) is 207 Å². The lowest BCUT2D eigenvalue weighted by Crippen LogP contribution is -2.03. The summed E-state index contributed by atoms with van der Waals surface area (Å²) in [4.78, 5) is 10.2. The molecule has 13 aromatic rings. The van der Waals surface area contributed by atoms with E-state index in [1.165, 1.54) is 77.1 Å². The Kier molecular flexibility index (Phi) is 7.24. The van der Waals surface area contributed by atoms with Gasteiger partial charge in [-0.05, 0) is 111 Å². The van der Waals surface area contributed by atoms with Gasteiger partial charge in [0.25, 0.3) is 0 Å². The summed E-state index contributed by atoms with van der Waals surface area (Å²) >= 11 is 1.77. The summed E-state index contributed by atoms with van der Waals surface area (Å²) in [6, 6.07) is 71.2. The minimum Gasteiger partial charge on any atom is -0.309 e. The Morgan fingerprint density at radius 2 is 0.841 bits per heavy atom. The zero-order valence-electron chi connectivity index (χ0n) is 33.8. The van der Waals surface area contributed by atoms with Crippen molar-refractivity contribution in [2.75, 3.05) is 0 Å². The molecule has 1 aliphatic rings. The standard InChI is InChI=1S/C58H34N4S/c1-2-15-37-36(14-1)38-16-3-5-18-40(38)46-33-49(57-58-45(29-31-60-57)56-55(63-58)26-13-30-59-56)54(34-47(46)41-19-6-4-17-39(37)41)62-52-25-12-9-22-44(52)48-32-35(27-28-53(48)62)61-50-23-10-7-20-42(50)43-21-8-11-24-51(43)61/h1-34H. The molecular weight excluding hydrogens is 785 g/mol. The van der Waals surface area contributed by atoms with E-state index in [4.69, 9.17) is 9.97 Å². The van der Waals surface area contributed by atoms with Crippen molar-refractivity contribution in [3.63, 3.8) is 0 Å². The number of thiophene rings is 1. The molecule has 0 aliphatic heterocycles. The van der Waals surface area contributed by atoms with Gasteiger partial charge in [0.15, 0.2) is 0 Å². The highest BCUT2D eigenvalue weighted by atomic mass is 32.1. The minimum absolute atomic E-state index is 0.953. The van der Waals surface area contributed by atoms with Crippen LogP contribution in [0, 0.1) is 0 Å². The van der Waals surface area contributed by atoms with Gasteiger partial charge in [0.2, 0.25) is 0 Å². The van der Waals surface area contributed by atoms with E-state index in [-0.39, 0.29) is 0 Å². The Labute approximate surface area is 366 Å². The smallest absolute Gasteiger partial charge is 0.0902 e. The number of pyridine rings is 2. The second-order valence-corrected chi connectivity index (χ2v) is 17.5. The van der Waals surface area contributed by atoms with Crippen LogP contribution in [0.15, 0.2) is 207 Å². The Bertz CT molecular complexity index is 4000. The fourth-order valence-corrected chi connectivity index (χ4v) is 11.7. The Morgan fingerprint density at radius 3 is 1.46 bits per heavy atom. The van der Waals surface area contributed by atoms with Crippen molar-refractivity contribution in [2.24, 2.45) is 0 Å². The number of hydrogen-bond acceptors (Lipinski definition) is 3. The van der Waals surface area contributed by atoms with E-state index in [9.17, 15) is 0 Å². The second-order valence-electron chi connectivity index (χ2n) is 16.5. The molecule has 0 saturated carbocycles. The van der Waals surface area contributed by atoms with Crippen LogP contribution in [0.5, 0.6) is 0 Å². The number of benzene rings is 8. The summed E-state index contributed by atoms with van der Waals surface area (Å²) in [7, 11) is 0. The van der Waals surface area contributed by atoms with Crippen molar-refractivity contribution >= 4 is 75.3 Å². The highest BCUT2D eigenvalue weighted by Gasteiger charge is 2.27. The van der Waals surface area contributed by atoms with Crippen LogP contribution >= 0.6 is 11.3 Å². The molecule has 5 heteroatoms. The monoisotopic (exact) mass is 818 g/mol. The van der Waals surface area contributed by atoms with E-state index in [1.807, 2.05) is 18.5 Å². The molecule has 0 unspecified atom stereocenters. The quantitative estimate of drug-likeness (QED) is 0.178. The van der Waals surface area contributed by atoms with Gasteiger partial charge in [0, 0.05) is 50.6 Å². The first-order chi connectivity index (χ1) is 31.3. The minimum atomic E-state index is 0.953. The third-order valence-electron chi connectivity index (χ3n) is 13.2. The van der Waals surface area contributed by atoms with Crippen LogP contribution < -0.4 is 0 Å². The summed E-state index contributed by atoms with van der Waals surface area (Å²) in [5.41, 5.74) is 19.6. The predicted molar refractivity (Wildman–Crippen MR) is 264 cm³/mol. The Morgan fingerprint density at radius 1 is 0.333 bits per heavy atom. The first kappa shape index (κ1) is 34.6. The second kappa shape index (κ2) is 13.2. The lowest BCUT2D eigenvalue weighted by molar-refractivity contribution is 1.16. The van der Waals surface area contributed by atoms with Gasteiger partial charge in [-0.1, -0.05) is 127 Å². The van der Waals surface area contributed by atoms with Crippen LogP contribution in [-0.2, 0) is 0 Å². The van der Waals surface area contributed by atoms with E-state index < -0.39 is 0 Å². The number of fused-ring (bicyclic) bond motifs is 17. The molecule has 0 N–H and O–H groups in total. The molecule has 5 aromatic heterocycles. The van der Waals surface area contributed by atoms with Crippen molar-refractivity contribution in [1.29, 1.82) is 0 Å². The maximum atomic E-state index is 5.30. The van der Waals surface area contributed by atoms with Gasteiger partial charge in [-0.2, -0.15) is 0 Å². The van der Waals surface area contributed by atoms with Crippen LogP contribution in [0.3, 0.4) is 0 Å². The van der Waals surface area contributed by atoms with Gasteiger partial charge in [-0.15, -0.1) is 11.3 Å². The van der Waals surface area contributed by atoms with Crippen molar-refractivity contribution in [3.8, 4) is 67.1 Å².